The van der Waals surface area contributed by atoms with Crippen LogP contribution in [0.1, 0.15) is 48.9 Å². The van der Waals surface area contributed by atoms with Crippen molar-refractivity contribution in [1.82, 2.24) is 10.3 Å². The summed E-state index contributed by atoms with van der Waals surface area (Å²) in [6.07, 6.45) is 1.10. The molecule has 0 fully saturated rings. The van der Waals surface area contributed by atoms with Gasteiger partial charge in [0.1, 0.15) is 0 Å². The molecule has 0 aliphatic rings. The van der Waals surface area contributed by atoms with Gasteiger partial charge < -0.3 is 15.4 Å². The Morgan fingerprint density at radius 1 is 1.47 bits per heavy atom. The molecular formula is C13H22N2O2. The van der Waals surface area contributed by atoms with E-state index in [0.29, 0.717) is 23.2 Å². The number of aromatic nitrogens is 1. The van der Waals surface area contributed by atoms with Gasteiger partial charge in [-0.15, -0.1) is 0 Å². The summed E-state index contributed by atoms with van der Waals surface area (Å²) in [5.41, 5.74) is 2.32. The molecule has 1 heterocycles. The molecule has 96 valence electrons. The van der Waals surface area contributed by atoms with Gasteiger partial charge in [0.05, 0.1) is 5.56 Å². The smallest absolute Gasteiger partial charge is 0.337 e. The van der Waals surface area contributed by atoms with Crippen LogP contribution in [-0.4, -0.2) is 22.6 Å². The molecule has 1 aromatic heterocycles. The lowest BCUT2D eigenvalue weighted by Gasteiger charge is -2.17. The SMILES string of the molecule is Cc1[nH]c(CNCCC(C)(C)C)cc1C(=O)O. The lowest BCUT2D eigenvalue weighted by molar-refractivity contribution is 0.0696. The molecule has 0 aromatic carbocycles. The summed E-state index contributed by atoms with van der Waals surface area (Å²) in [6, 6.07) is 1.70. The number of hydrogen-bond acceptors (Lipinski definition) is 2. The van der Waals surface area contributed by atoms with Crippen molar-refractivity contribution in [2.75, 3.05) is 6.54 Å². The van der Waals surface area contributed by atoms with Crippen molar-refractivity contribution in [3.63, 3.8) is 0 Å². The summed E-state index contributed by atoms with van der Waals surface area (Å²) in [5, 5.41) is 12.2. The molecule has 4 nitrogen and oxygen atoms in total. The molecule has 0 aliphatic carbocycles. The van der Waals surface area contributed by atoms with Crippen molar-refractivity contribution in [3.8, 4) is 0 Å². The van der Waals surface area contributed by atoms with Gasteiger partial charge in [0, 0.05) is 17.9 Å². The van der Waals surface area contributed by atoms with E-state index in [2.05, 4.69) is 31.1 Å². The lowest BCUT2D eigenvalue weighted by Crippen LogP contribution is -2.20. The summed E-state index contributed by atoms with van der Waals surface area (Å²) < 4.78 is 0. The quantitative estimate of drug-likeness (QED) is 0.691. The molecule has 3 N–H and O–H groups in total. The largest absolute Gasteiger partial charge is 0.478 e. The Morgan fingerprint density at radius 3 is 2.59 bits per heavy atom. The molecule has 17 heavy (non-hydrogen) atoms. The lowest BCUT2D eigenvalue weighted by atomic mass is 9.92. The number of carbonyl (C=O) groups is 1. The standard InChI is InChI=1S/C13H22N2O2/c1-9-11(12(16)17)7-10(15-9)8-14-6-5-13(2,3)4/h7,14-15H,5-6,8H2,1-4H3,(H,16,17). The van der Waals surface area contributed by atoms with Gasteiger partial charge >= 0.3 is 5.97 Å². The number of carboxylic acid groups (broad SMARTS) is 1. The highest BCUT2D eigenvalue weighted by molar-refractivity contribution is 5.89. The Hall–Kier alpha value is -1.29. The molecule has 0 radical (unpaired) electrons. The highest BCUT2D eigenvalue weighted by atomic mass is 16.4. The Bertz CT molecular complexity index is 389. The van der Waals surface area contributed by atoms with Crippen molar-refractivity contribution in [2.24, 2.45) is 5.41 Å². The van der Waals surface area contributed by atoms with Crippen LogP contribution in [0.25, 0.3) is 0 Å². The Morgan fingerprint density at radius 2 is 2.12 bits per heavy atom. The normalized spacial score (nSPS) is 11.8. The number of rotatable bonds is 5. The maximum absolute atomic E-state index is 10.9. The maximum atomic E-state index is 10.9. The van der Waals surface area contributed by atoms with Gasteiger partial charge in [0.2, 0.25) is 0 Å². The monoisotopic (exact) mass is 238 g/mol. The van der Waals surface area contributed by atoms with Gasteiger partial charge in [-0.05, 0) is 31.4 Å². The number of aryl methyl sites for hydroxylation is 1. The molecule has 0 spiro atoms. The topological polar surface area (TPSA) is 65.1 Å². The van der Waals surface area contributed by atoms with Crippen LogP contribution in [0.3, 0.4) is 0 Å². The van der Waals surface area contributed by atoms with Crippen molar-refractivity contribution in [2.45, 2.75) is 40.7 Å². The number of hydrogen-bond donors (Lipinski definition) is 3. The average molecular weight is 238 g/mol. The molecule has 1 aromatic rings. The van der Waals surface area contributed by atoms with Crippen LogP contribution in [0.2, 0.25) is 0 Å². The first-order valence-corrected chi connectivity index (χ1v) is 5.92. The van der Waals surface area contributed by atoms with E-state index < -0.39 is 5.97 Å². The van der Waals surface area contributed by atoms with E-state index >= 15 is 0 Å². The van der Waals surface area contributed by atoms with E-state index in [9.17, 15) is 4.79 Å². The minimum Gasteiger partial charge on any atom is -0.478 e. The number of nitrogens with one attached hydrogen (secondary N) is 2. The van der Waals surface area contributed by atoms with E-state index in [1.807, 2.05) is 0 Å². The number of aromatic amines is 1. The second kappa shape index (κ2) is 5.36. The maximum Gasteiger partial charge on any atom is 0.337 e. The van der Waals surface area contributed by atoms with Crippen molar-refractivity contribution in [3.05, 3.63) is 23.0 Å². The second-order valence-corrected chi connectivity index (χ2v) is 5.63. The fraction of sp³-hybridized carbons (Fsp3) is 0.615. The zero-order valence-corrected chi connectivity index (χ0v) is 11.1. The van der Waals surface area contributed by atoms with Crippen LogP contribution in [0.4, 0.5) is 0 Å². The van der Waals surface area contributed by atoms with Gasteiger partial charge in [0.25, 0.3) is 0 Å². The summed E-state index contributed by atoms with van der Waals surface area (Å²) in [7, 11) is 0. The van der Waals surface area contributed by atoms with E-state index in [4.69, 9.17) is 5.11 Å². The van der Waals surface area contributed by atoms with Crippen molar-refractivity contribution < 1.29 is 9.90 Å². The van der Waals surface area contributed by atoms with Gasteiger partial charge in [-0.3, -0.25) is 0 Å². The molecule has 0 unspecified atom stereocenters. The van der Waals surface area contributed by atoms with E-state index in [1.165, 1.54) is 0 Å². The molecule has 4 heteroatoms. The Kier molecular flexibility index (Phi) is 4.34. The average Bonchev–Trinajstić information content (AvgIpc) is 2.53. The summed E-state index contributed by atoms with van der Waals surface area (Å²) >= 11 is 0. The molecule has 0 saturated heterocycles. The minimum atomic E-state index is -0.875. The third-order valence-corrected chi connectivity index (χ3v) is 2.67. The van der Waals surface area contributed by atoms with Crippen LogP contribution in [0.5, 0.6) is 0 Å². The van der Waals surface area contributed by atoms with Crippen LogP contribution in [-0.2, 0) is 6.54 Å². The first-order valence-electron chi connectivity index (χ1n) is 5.92. The molecule has 0 saturated carbocycles. The van der Waals surface area contributed by atoms with E-state index in [1.54, 1.807) is 13.0 Å². The van der Waals surface area contributed by atoms with Crippen molar-refractivity contribution in [1.29, 1.82) is 0 Å². The van der Waals surface area contributed by atoms with Crippen LogP contribution in [0, 0.1) is 12.3 Å². The highest BCUT2D eigenvalue weighted by Gasteiger charge is 2.11. The van der Waals surface area contributed by atoms with Gasteiger partial charge in [-0.1, -0.05) is 20.8 Å². The minimum absolute atomic E-state index is 0.324. The number of H-pyrrole nitrogens is 1. The molecule has 0 aliphatic heterocycles. The predicted octanol–water partition coefficient (Wildman–Crippen LogP) is 2.55. The zero-order valence-electron chi connectivity index (χ0n) is 11.1. The predicted molar refractivity (Wildman–Crippen MR) is 68.3 cm³/mol. The zero-order chi connectivity index (χ0) is 13.1. The second-order valence-electron chi connectivity index (χ2n) is 5.63. The van der Waals surface area contributed by atoms with Crippen molar-refractivity contribution >= 4 is 5.97 Å². The third-order valence-electron chi connectivity index (χ3n) is 2.67. The number of carboxylic acids is 1. The van der Waals surface area contributed by atoms with Crippen LogP contribution < -0.4 is 5.32 Å². The summed E-state index contributed by atoms with van der Waals surface area (Å²) in [4.78, 5) is 13.9. The first-order chi connectivity index (χ1) is 7.79. The van der Waals surface area contributed by atoms with Crippen LogP contribution >= 0.6 is 0 Å². The van der Waals surface area contributed by atoms with Crippen LogP contribution in [0.15, 0.2) is 6.07 Å². The fourth-order valence-electron chi connectivity index (χ4n) is 1.63. The molecule has 0 amide bonds. The van der Waals surface area contributed by atoms with Gasteiger partial charge in [0.15, 0.2) is 0 Å². The molecular weight excluding hydrogens is 216 g/mol. The van der Waals surface area contributed by atoms with Gasteiger partial charge in [-0.2, -0.15) is 0 Å². The highest BCUT2D eigenvalue weighted by Crippen LogP contribution is 2.17. The Labute approximate surface area is 102 Å². The van der Waals surface area contributed by atoms with E-state index in [0.717, 1.165) is 18.7 Å². The molecule has 0 bridgehead atoms. The summed E-state index contributed by atoms with van der Waals surface area (Å²) in [5.74, 6) is -0.875. The molecule has 1 rings (SSSR count). The molecule has 0 atom stereocenters. The first kappa shape index (κ1) is 13.8. The Balaban J connectivity index is 2.43. The number of aromatic carboxylic acids is 1. The fourth-order valence-corrected chi connectivity index (χ4v) is 1.63. The van der Waals surface area contributed by atoms with Gasteiger partial charge in [-0.25, -0.2) is 4.79 Å². The summed E-state index contributed by atoms with van der Waals surface area (Å²) in [6.45, 7) is 10.0. The third kappa shape index (κ3) is 4.61. The van der Waals surface area contributed by atoms with E-state index in [-0.39, 0.29) is 0 Å².